The molecule has 0 aromatic heterocycles. The number of methoxy groups -OCH3 is 1. The number of piperazine rings is 1. The van der Waals surface area contributed by atoms with Crippen LogP contribution in [0.2, 0.25) is 5.02 Å². The normalized spacial score (nSPS) is 19.4. The van der Waals surface area contributed by atoms with Crippen molar-refractivity contribution in [3.05, 3.63) is 114 Å². The number of benzene rings is 4. The lowest BCUT2D eigenvalue weighted by atomic mass is 9.67. The number of anilines is 4. The van der Waals surface area contributed by atoms with Crippen molar-refractivity contribution in [1.82, 2.24) is 0 Å². The Hall–Kier alpha value is -4.82. The number of ether oxygens (including phenoxy) is 1. The van der Waals surface area contributed by atoms with Gasteiger partial charge in [-0.3, -0.25) is 9.59 Å². The van der Waals surface area contributed by atoms with Gasteiger partial charge in [0.1, 0.15) is 5.75 Å². The molecule has 1 spiro atoms. The molecule has 1 atom stereocenters. The van der Waals surface area contributed by atoms with Gasteiger partial charge in [0.05, 0.1) is 30.2 Å². The molecule has 4 amide bonds. The zero-order chi connectivity index (χ0) is 29.7. The largest absolute Gasteiger partial charge is 0.495 e. The Bertz CT molecular complexity index is 1670. The molecule has 2 saturated heterocycles. The Morgan fingerprint density at radius 2 is 1.35 bits per heavy atom. The summed E-state index contributed by atoms with van der Waals surface area (Å²) in [7, 11) is 1.63. The summed E-state index contributed by atoms with van der Waals surface area (Å²) in [6.45, 7) is 1.51. The van der Waals surface area contributed by atoms with Gasteiger partial charge in [0, 0.05) is 30.3 Å². The average Bonchev–Trinajstić information content (AvgIpc) is 3.05. The zero-order valence-electron chi connectivity index (χ0n) is 23.5. The Balaban J connectivity index is 1.44. The van der Waals surface area contributed by atoms with Crippen molar-refractivity contribution >= 4 is 52.2 Å². The summed E-state index contributed by atoms with van der Waals surface area (Å²) < 4.78 is 5.68. The fourth-order valence-corrected chi connectivity index (χ4v) is 6.95. The summed E-state index contributed by atoms with van der Waals surface area (Å²) in [5.74, 6) is -0.353. The van der Waals surface area contributed by atoms with Crippen molar-refractivity contribution in [3.8, 4) is 5.75 Å². The number of hydrogen-bond acceptors (Lipinski definition) is 6. The summed E-state index contributed by atoms with van der Waals surface area (Å²) in [6, 6.07) is 29.7. The maximum atomic E-state index is 15.0. The first-order valence-electron chi connectivity index (χ1n) is 14.2. The van der Waals surface area contributed by atoms with Gasteiger partial charge in [0.15, 0.2) is 5.41 Å². The minimum absolute atomic E-state index is 0.123. The van der Waals surface area contributed by atoms with Gasteiger partial charge < -0.3 is 14.5 Å². The van der Waals surface area contributed by atoms with Crippen LogP contribution in [0.15, 0.2) is 103 Å². The predicted octanol–water partition coefficient (Wildman–Crippen LogP) is 5.79. The Labute approximate surface area is 254 Å². The van der Waals surface area contributed by atoms with Crippen molar-refractivity contribution < 1.29 is 19.1 Å². The third-order valence-electron chi connectivity index (χ3n) is 8.78. The summed E-state index contributed by atoms with van der Waals surface area (Å²) in [5.41, 5.74) is 1.83. The molecule has 3 aliphatic rings. The SMILES string of the molecule is COc1ccccc1N1CCN2c3cc(Cl)ccc3CC3(C(=O)N(c4ccccc4)C(=O)N(c4ccccc4)C3=O)[C@@H]2C1. The van der Waals surface area contributed by atoms with Gasteiger partial charge in [-0.05, 0) is 60.5 Å². The second kappa shape index (κ2) is 10.5. The first-order valence-corrected chi connectivity index (χ1v) is 14.6. The number of carbonyl (C=O) groups excluding carboxylic acids is 3. The van der Waals surface area contributed by atoms with Crippen molar-refractivity contribution in [2.45, 2.75) is 12.5 Å². The fourth-order valence-electron chi connectivity index (χ4n) is 6.79. The molecule has 0 bridgehead atoms. The van der Waals surface area contributed by atoms with Crippen LogP contribution in [0.5, 0.6) is 5.75 Å². The van der Waals surface area contributed by atoms with Crippen LogP contribution in [0.3, 0.4) is 0 Å². The first-order chi connectivity index (χ1) is 20.9. The molecule has 9 heteroatoms. The average molecular weight is 593 g/mol. The topological polar surface area (TPSA) is 73.4 Å². The van der Waals surface area contributed by atoms with Gasteiger partial charge in [-0.25, -0.2) is 14.6 Å². The van der Waals surface area contributed by atoms with E-state index in [2.05, 4.69) is 9.80 Å². The van der Waals surface area contributed by atoms with E-state index >= 15 is 0 Å². The molecule has 216 valence electrons. The number of amides is 4. The minimum atomic E-state index is -1.61. The van der Waals surface area contributed by atoms with Crippen LogP contribution in [0, 0.1) is 5.41 Å². The maximum absolute atomic E-state index is 15.0. The van der Waals surface area contributed by atoms with Gasteiger partial charge >= 0.3 is 6.03 Å². The standard InChI is InChI=1S/C34H29ClN4O4/c1-43-29-15-9-8-14-27(29)36-18-19-37-28-20-24(35)17-16-23(28)21-34(30(37)22-36)31(40)38(25-10-4-2-5-11-25)33(42)39(32(34)41)26-12-6-3-7-13-26/h2-17,20,30H,18-19,21-22H2,1H3/t30-/m0/s1. The molecule has 0 unspecified atom stereocenters. The maximum Gasteiger partial charge on any atom is 0.342 e. The lowest BCUT2D eigenvalue weighted by Crippen LogP contribution is -2.76. The van der Waals surface area contributed by atoms with E-state index in [1.54, 1.807) is 61.7 Å². The molecule has 3 heterocycles. The number of barbiturate groups is 1. The van der Waals surface area contributed by atoms with Gasteiger partial charge in [0.25, 0.3) is 11.8 Å². The van der Waals surface area contributed by atoms with E-state index in [1.807, 2.05) is 48.5 Å². The molecule has 7 rings (SSSR count). The van der Waals surface area contributed by atoms with Crippen LogP contribution in [-0.4, -0.2) is 50.6 Å². The number of halogens is 1. The molecule has 3 aliphatic heterocycles. The lowest BCUT2D eigenvalue weighted by Gasteiger charge is -2.57. The highest BCUT2D eigenvalue weighted by Gasteiger charge is 2.65. The molecule has 0 N–H and O–H groups in total. The van der Waals surface area contributed by atoms with E-state index in [0.29, 0.717) is 41.8 Å². The van der Waals surface area contributed by atoms with E-state index in [4.69, 9.17) is 16.3 Å². The van der Waals surface area contributed by atoms with Gasteiger partial charge in [-0.1, -0.05) is 66.2 Å². The van der Waals surface area contributed by atoms with E-state index < -0.39 is 29.3 Å². The Morgan fingerprint density at radius 1 is 0.744 bits per heavy atom. The van der Waals surface area contributed by atoms with Crippen LogP contribution in [-0.2, 0) is 16.0 Å². The number of urea groups is 1. The predicted molar refractivity (Wildman–Crippen MR) is 167 cm³/mol. The third-order valence-corrected chi connectivity index (χ3v) is 9.02. The monoisotopic (exact) mass is 592 g/mol. The number of hydrogen-bond donors (Lipinski definition) is 0. The van der Waals surface area contributed by atoms with Gasteiger partial charge in [0.2, 0.25) is 0 Å². The van der Waals surface area contributed by atoms with E-state index in [0.717, 1.165) is 16.9 Å². The number of para-hydroxylation sites is 4. The van der Waals surface area contributed by atoms with Crippen LogP contribution in [0.1, 0.15) is 5.56 Å². The zero-order valence-corrected chi connectivity index (χ0v) is 24.3. The lowest BCUT2D eigenvalue weighted by molar-refractivity contribution is -0.143. The quantitative estimate of drug-likeness (QED) is 0.280. The second-order valence-electron chi connectivity index (χ2n) is 11.0. The molecule has 0 aliphatic carbocycles. The Kier molecular flexibility index (Phi) is 6.58. The van der Waals surface area contributed by atoms with E-state index in [-0.39, 0.29) is 6.42 Å². The molecule has 0 saturated carbocycles. The van der Waals surface area contributed by atoms with Crippen LogP contribution >= 0.6 is 11.6 Å². The minimum Gasteiger partial charge on any atom is -0.495 e. The van der Waals surface area contributed by atoms with E-state index in [1.165, 1.54) is 9.80 Å². The number of rotatable bonds is 4. The summed E-state index contributed by atoms with van der Waals surface area (Å²) >= 11 is 6.48. The van der Waals surface area contributed by atoms with Crippen molar-refractivity contribution in [1.29, 1.82) is 0 Å². The van der Waals surface area contributed by atoms with Crippen LogP contribution in [0.25, 0.3) is 0 Å². The molecule has 0 radical (unpaired) electrons. The summed E-state index contributed by atoms with van der Waals surface area (Å²) in [4.78, 5) is 50.7. The Morgan fingerprint density at radius 3 is 1.98 bits per heavy atom. The van der Waals surface area contributed by atoms with E-state index in [9.17, 15) is 14.4 Å². The van der Waals surface area contributed by atoms with Crippen LogP contribution < -0.4 is 24.3 Å². The number of carbonyl (C=O) groups is 3. The molecule has 4 aromatic rings. The molecule has 4 aromatic carbocycles. The van der Waals surface area contributed by atoms with Crippen LogP contribution in [0.4, 0.5) is 27.5 Å². The molecule has 2 fully saturated rings. The fraction of sp³-hybridized carbons (Fsp3) is 0.206. The highest BCUT2D eigenvalue weighted by Crippen LogP contribution is 2.49. The van der Waals surface area contributed by atoms with Crippen molar-refractivity contribution in [3.63, 3.8) is 0 Å². The van der Waals surface area contributed by atoms with Crippen molar-refractivity contribution in [2.75, 3.05) is 46.3 Å². The number of imide groups is 2. The van der Waals surface area contributed by atoms with Gasteiger partial charge in [-0.2, -0.15) is 0 Å². The number of fused-ring (bicyclic) bond motifs is 4. The molecular weight excluding hydrogens is 564 g/mol. The molecular formula is C34H29ClN4O4. The summed E-state index contributed by atoms with van der Waals surface area (Å²) in [6.07, 6.45) is 0.123. The highest BCUT2D eigenvalue weighted by molar-refractivity contribution is 6.39. The first kappa shape index (κ1) is 27.0. The molecule has 43 heavy (non-hydrogen) atoms. The van der Waals surface area contributed by atoms with Gasteiger partial charge in [-0.15, -0.1) is 0 Å². The van der Waals surface area contributed by atoms with Crippen molar-refractivity contribution in [2.24, 2.45) is 5.41 Å². The smallest absolute Gasteiger partial charge is 0.342 e. The third kappa shape index (κ3) is 4.16. The summed E-state index contributed by atoms with van der Waals surface area (Å²) in [5, 5.41) is 0.578. The number of nitrogens with zero attached hydrogens (tertiary/aromatic N) is 4. The molecule has 8 nitrogen and oxygen atoms in total. The highest BCUT2D eigenvalue weighted by atomic mass is 35.5. The second-order valence-corrected chi connectivity index (χ2v) is 11.4.